The van der Waals surface area contributed by atoms with E-state index in [9.17, 15) is 4.79 Å². The van der Waals surface area contributed by atoms with Crippen LogP contribution >= 0.6 is 0 Å². The minimum absolute atomic E-state index is 0.103. The molecule has 1 amide bonds. The third-order valence-corrected chi connectivity index (χ3v) is 4.52. The molecule has 1 saturated carbocycles. The number of hydrogen-bond acceptors (Lipinski definition) is 2. The van der Waals surface area contributed by atoms with Gasteiger partial charge in [-0.25, -0.2) is 11.4 Å². The van der Waals surface area contributed by atoms with E-state index in [-0.39, 0.29) is 17.0 Å². The Kier molecular flexibility index (Phi) is 4.19. The van der Waals surface area contributed by atoms with Gasteiger partial charge in [0, 0.05) is 11.5 Å². The molecule has 108 valence electrons. The SMILES string of the molecule is [C-]#[N+]CC1CCC(C)(NC(=O)OC(C)(C)C)C1(C)C. The van der Waals surface area contributed by atoms with Gasteiger partial charge in [-0.2, -0.15) is 0 Å². The fourth-order valence-electron chi connectivity index (χ4n) is 2.78. The van der Waals surface area contributed by atoms with Crippen molar-refractivity contribution < 1.29 is 9.53 Å². The Labute approximate surface area is 116 Å². The fourth-order valence-corrected chi connectivity index (χ4v) is 2.78. The third kappa shape index (κ3) is 3.40. The van der Waals surface area contributed by atoms with Crippen molar-refractivity contribution in [2.75, 3.05) is 6.54 Å². The van der Waals surface area contributed by atoms with E-state index >= 15 is 0 Å². The standard InChI is InChI=1S/C15H26N2O2/c1-13(2,3)19-12(18)17-15(6)9-8-11(10-16-7)14(15,4)5/h11H,8-10H2,1-6H3,(H,17,18). The monoisotopic (exact) mass is 266 g/mol. The molecule has 0 bridgehead atoms. The molecule has 0 aliphatic heterocycles. The fraction of sp³-hybridized carbons (Fsp3) is 0.867. The molecule has 4 nitrogen and oxygen atoms in total. The van der Waals surface area contributed by atoms with Crippen LogP contribution in [0.5, 0.6) is 0 Å². The molecule has 0 aromatic heterocycles. The van der Waals surface area contributed by atoms with Crippen LogP contribution in [0.1, 0.15) is 54.4 Å². The lowest BCUT2D eigenvalue weighted by Crippen LogP contribution is -2.55. The molecule has 1 N–H and O–H groups in total. The first-order valence-corrected chi connectivity index (χ1v) is 6.86. The molecule has 0 saturated heterocycles. The molecule has 2 atom stereocenters. The highest BCUT2D eigenvalue weighted by Gasteiger charge is 2.53. The molecule has 0 spiro atoms. The van der Waals surface area contributed by atoms with E-state index < -0.39 is 5.60 Å². The van der Waals surface area contributed by atoms with Crippen LogP contribution in [0.2, 0.25) is 0 Å². The van der Waals surface area contributed by atoms with Gasteiger partial charge in [-0.05, 0) is 46.0 Å². The number of rotatable bonds is 2. The molecule has 1 aliphatic carbocycles. The smallest absolute Gasteiger partial charge is 0.408 e. The number of ether oxygens (including phenoxy) is 1. The lowest BCUT2D eigenvalue weighted by atomic mass is 9.71. The zero-order valence-electron chi connectivity index (χ0n) is 13.0. The summed E-state index contributed by atoms with van der Waals surface area (Å²) in [5, 5.41) is 3.03. The first-order valence-electron chi connectivity index (χ1n) is 6.86. The van der Waals surface area contributed by atoms with Gasteiger partial charge in [0.2, 0.25) is 6.54 Å². The highest BCUT2D eigenvalue weighted by molar-refractivity contribution is 5.69. The topological polar surface area (TPSA) is 42.7 Å². The number of alkyl carbamates (subject to hydrolysis) is 1. The second kappa shape index (κ2) is 5.03. The van der Waals surface area contributed by atoms with Crippen LogP contribution in [0, 0.1) is 17.9 Å². The summed E-state index contributed by atoms with van der Waals surface area (Å²) in [7, 11) is 0. The Balaban J connectivity index is 2.77. The van der Waals surface area contributed by atoms with Crippen molar-refractivity contribution in [1.82, 2.24) is 5.32 Å². The Morgan fingerprint density at radius 1 is 1.42 bits per heavy atom. The van der Waals surface area contributed by atoms with E-state index in [4.69, 9.17) is 11.3 Å². The van der Waals surface area contributed by atoms with Crippen molar-refractivity contribution in [3.8, 4) is 0 Å². The summed E-state index contributed by atoms with van der Waals surface area (Å²) in [5.74, 6) is 0.324. The van der Waals surface area contributed by atoms with Gasteiger partial charge in [0.05, 0.1) is 0 Å². The average molecular weight is 266 g/mol. The van der Waals surface area contributed by atoms with Crippen LogP contribution < -0.4 is 5.32 Å². The first-order chi connectivity index (χ1) is 8.52. The largest absolute Gasteiger partial charge is 0.444 e. The van der Waals surface area contributed by atoms with Crippen LogP contribution in [0.4, 0.5) is 4.79 Å². The number of nitrogens with one attached hydrogen (secondary N) is 1. The molecule has 1 aliphatic rings. The molecule has 2 unspecified atom stereocenters. The van der Waals surface area contributed by atoms with Crippen molar-refractivity contribution in [2.24, 2.45) is 11.3 Å². The highest BCUT2D eigenvalue weighted by Crippen LogP contribution is 2.50. The van der Waals surface area contributed by atoms with Crippen molar-refractivity contribution in [2.45, 2.75) is 65.5 Å². The molecule has 19 heavy (non-hydrogen) atoms. The normalized spacial score (nSPS) is 29.6. The van der Waals surface area contributed by atoms with E-state index in [0.29, 0.717) is 12.5 Å². The Hall–Kier alpha value is -1.24. The van der Waals surface area contributed by atoms with E-state index in [2.05, 4.69) is 30.9 Å². The Bertz CT molecular complexity index is 390. The first kappa shape index (κ1) is 15.8. The summed E-state index contributed by atoms with van der Waals surface area (Å²) in [4.78, 5) is 15.5. The van der Waals surface area contributed by atoms with Gasteiger partial charge < -0.3 is 14.9 Å². The van der Waals surface area contributed by atoms with Gasteiger partial charge in [0.25, 0.3) is 0 Å². The van der Waals surface area contributed by atoms with E-state index in [0.717, 1.165) is 12.8 Å². The summed E-state index contributed by atoms with van der Waals surface area (Å²) in [6.07, 6.45) is 1.49. The van der Waals surface area contributed by atoms with Gasteiger partial charge in [-0.3, -0.25) is 0 Å². The van der Waals surface area contributed by atoms with Gasteiger partial charge in [0.1, 0.15) is 5.60 Å². The lowest BCUT2D eigenvalue weighted by molar-refractivity contribution is 0.0357. The minimum Gasteiger partial charge on any atom is -0.444 e. The van der Waals surface area contributed by atoms with Crippen LogP contribution in [-0.4, -0.2) is 23.8 Å². The van der Waals surface area contributed by atoms with Crippen molar-refractivity contribution >= 4 is 6.09 Å². The van der Waals surface area contributed by atoms with Crippen molar-refractivity contribution in [3.63, 3.8) is 0 Å². The maximum Gasteiger partial charge on any atom is 0.408 e. The summed E-state index contributed by atoms with van der Waals surface area (Å²) < 4.78 is 5.34. The zero-order valence-corrected chi connectivity index (χ0v) is 13.0. The zero-order chi connectivity index (χ0) is 14.9. The Morgan fingerprint density at radius 3 is 2.47 bits per heavy atom. The van der Waals surface area contributed by atoms with Crippen LogP contribution in [0.3, 0.4) is 0 Å². The summed E-state index contributed by atoms with van der Waals surface area (Å²) >= 11 is 0. The number of carbonyl (C=O) groups is 1. The summed E-state index contributed by atoms with van der Waals surface area (Å²) in [6, 6.07) is 0. The molecule has 0 aromatic rings. The number of hydrogen-bond donors (Lipinski definition) is 1. The van der Waals surface area contributed by atoms with Crippen molar-refractivity contribution in [1.29, 1.82) is 0 Å². The highest BCUT2D eigenvalue weighted by atomic mass is 16.6. The van der Waals surface area contributed by atoms with Gasteiger partial charge in [-0.1, -0.05) is 13.8 Å². The molecular formula is C15H26N2O2. The molecule has 0 aromatic carbocycles. The van der Waals surface area contributed by atoms with Crippen LogP contribution in [-0.2, 0) is 4.74 Å². The summed E-state index contributed by atoms with van der Waals surface area (Å²) in [5.41, 5.74) is -0.905. The van der Waals surface area contributed by atoms with E-state index in [1.54, 1.807) is 0 Å². The van der Waals surface area contributed by atoms with Gasteiger partial charge >= 0.3 is 6.09 Å². The molecule has 1 fully saturated rings. The van der Waals surface area contributed by atoms with Gasteiger partial charge in [-0.15, -0.1) is 0 Å². The molecule has 4 heteroatoms. The third-order valence-electron chi connectivity index (χ3n) is 4.52. The van der Waals surface area contributed by atoms with E-state index in [1.807, 2.05) is 20.8 Å². The molecular weight excluding hydrogens is 240 g/mol. The summed E-state index contributed by atoms with van der Waals surface area (Å²) in [6.45, 7) is 19.5. The number of nitrogens with zero attached hydrogens (tertiary/aromatic N) is 1. The molecule has 0 heterocycles. The predicted molar refractivity (Wildman–Crippen MR) is 75.7 cm³/mol. The Morgan fingerprint density at radius 2 is 2.00 bits per heavy atom. The van der Waals surface area contributed by atoms with Crippen molar-refractivity contribution in [3.05, 3.63) is 11.4 Å². The maximum absolute atomic E-state index is 12.0. The van der Waals surface area contributed by atoms with E-state index in [1.165, 1.54) is 0 Å². The lowest BCUT2D eigenvalue weighted by Gasteiger charge is -2.41. The second-order valence-electron chi connectivity index (χ2n) is 7.26. The average Bonchev–Trinajstić information content (AvgIpc) is 2.39. The molecule has 1 rings (SSSR count). The predicted octanol–water partition coefficient (Wildman–Crippen LogP) is 3.63. The van der Waals surface area contributed by atoms with Crippen LogP contribution in [0.15, 0.2) is 0 Å². The number of amides is 1. The quantitative estimate of drug-likeness (QED) is 0.776. The second-order valence-corrected chi connectivity index (χ2v) is 7.26. The number of carbonyl (C=O) groups excluding carboxylic acids is 1. The maximum atomic E-state index is 12.0. The molecule has 0 radical (unpaired) electrons. The van der Waals surface area contributed by atoms with Gasteiger partial charge in [0.15, 0.2) is 0 Å². The van der Waals surface area contributed by atoms with Crippen LogP contribution in [0.25, 0.3) is 4.85 Å². The minimum atomic E-state index is -0.487.